The van der Waals surface area contributed by atoms with Gasteiger partial charge in [-0.2, -0.15) is 0 Å². The third-order valence-corrected chi connectivity index (χ3v) is 4.39. The maximum absolute atomic E-state index is 13.1. The Kier molecular flexibility index (Phi) is 6.72. The minimum absolute atomic E-state index is 0.0623. The lowest BCUT2D eigenvalue weighted by atomic mass is 10.0. The van der Waals surface area contributed by atoms with Gasteiger partial charge in [0, 0.05) is 5.57 Å². The van der Waals surface area contributed by atoms with Gasteiger partial charge in [0.15, 0.2) is 0 Å². The Balaban J connectivity index is 1.92. The van der Waals surface area contributed by atoms with Crippen molar-refractivity contribution in [3.63, 3.8) is 0 Å². The fourth-order valence-corrected chi connectivity index (χ4v) is 2.94. The van der Waals surface area contributed by atoms with Gasteiger partial charge in [0.05, 0.1) is 17.4 Å². The van der Waals surface area contributed by atoms with Gasteiger partial charge < -0.3 is 20.3 Å². The molecule has 0 fully saturated rings. The second-order valence-electron chi connectivity index (χ2n) is 7.15. The van der Waals surface area contributed by atoms with Crippen molar-refractivity contribution in [3.05, 3.63) is 89.5 Å². The molecule has 6 heteroatoms. The van der Waals surface area contributed by atoms with Gasteiger partial charge in [0.2, 0.25) is 0 Å². The van der Waals surface area contributed by atoms with Crippen LogP contribution in [0.25, 0.3) is 11.6 Å². The van der Waals surface area contributed by atoms with Crippen LogP contribution in [-0.4, -0.2) is 28.2 Å². The molecule has 0 spiro atoms. The molecule has 0 atom stereocenters. The van der Waals surface area contributed by atoms with E-state index in [4.69, 9.17) is 9.84 Å². The molecule has 0 aromatic heterocycles. The number of phenols is 1. The van der Waals surface area contributed by atoms with Crippen LogP contribution in [0.3, 0.4) is 0 Å². The Morgan fingerprint density at radius 2 is 1.61 bits per heavy atom. The number of carbonyl (C=O) groups is 2. The summed E-state index contributed by atoms with van der Waals surface area (Å²) in [5.74, 6) is -1.19. The van der Waals surface area contributed by atoms with Crippen molar-refractivity contribution in [2.45, 2.75) is 20.0 Å². The third kappa shape index (κ3) is 5.73. The lowest BCUT2D eigenvalue weighted by Crippen LogP contribution is -2.14. The smallest absolute Gasteiger partial charge is 0.335 e. The number of ether oxygens (including phenoxy) is 1. The number of anilines is 1. The molecule has 158 valence electrons. The number of phenolic OH excluding ortho intramolecular Hbond substituents is 1. The monoisotopic (exact) mass is 417 g/mol. The molecule has 0 saturated heterocycles. The van der Waals surface area contributed by atoms with E-state index in [2.05, 4.69) is 5.32 Å². The Hall–Kier alpha value is -4.06. The number of aromatic hydroxyl groups is 1. The van der Waals surface area contributed by atoms with E-state index in [1.165, 1.54) is 12.1 Å². The van der Waals surface area contributed by atoms with E-state index < -0.39 is 11.9 Å². The van der Waals surface area contributed by atoms with E-state index in [0.717, 1.165) is 17.4 Å². The van der Waals surface area contributed by atoms with E-state index in [0.29, 0.717) is 11.1 Å². The Bertz CT molecular complexity index is 1100. The van der Waals surface area contributed by atoms with Gasteiger partial charge in [0.25, 0.3) is 5.91 Å². The minimum Gasteiger partial charge on any atom is -0.506 e. The van der Waals surface area contributed by atoms with Gasteiger partial charge in [0.1, 0.15) is 11.5 Å². The van der Waals surface area contributed by atoms with Gasteiger partial charge in [-0.25, -0.2) is 4.79 Å². The predicted octanol–water partition coefficient (Wildman–Crippen LogP) is 5.06. The van der Waals surface area contributed by atoms with Crippen molar-refractivity contribution in [1.29, 1.82) is 0 Å². The molecular weight excluding hydrogens is 394 g/mol. The maximum atomic E-state index is 13.1. The van der Waals surface area contributed by atoms with Crippen LogP contribution in [0.1, 0.15) is 35.3 Å². The predicted molar refractivity (Wildman–Crippen MR) is 120 cm³/mol. The zero-order valence-electron chi connectivity index (χ0n) is 17.2. The molecule has 0 aliphatic carbocycles. The van der Waals surface area contributed by atoms with E-state index in [1.807, 2.05) is 68.4 Å². The normalized spacial score (nSPS) is 11.3. The van der Waals surface area contributed by atoms with Crippen molar-refractivity contribution in [2.24, 2.45) is 0 Å². The number of benzene rings is 3. The zero-order valence-corrected chi connectivity index (χ0v) is 17.2. The van der Waals surface area contributed by atoms with Crippen LogP contribution in [0.2, 0.25) is 0 Å². The number of hydrogen-bond donors (Lipinski definition) is 3. The minimum atomic E-state index is -1.16. The molecule has 0 heterocycles. The van der Waals surface area contributed by atoms with Crippen molar-refractivity contribution >= 4 is 29.2 Å². The highest BCUT2D eigenvalue weighted by atomic mass is 16.5. The van der Waals surface area contributed by atoms with Gasteiger partial charge >= 0.3 is 5.97 Å². The average Bonchev–Trinajstić information content (AvgIpc) is 2.74. The van der Waals surface area contributed by atoms with Crippen LogP contribution in [0.5, 0.6) is 11.5 Å². The van der Waals surface area contributed by atoms with Crippen LogP contribution in [0.15, 0.2) is 72.8 Å². The summed E-state index contributed by atoms with van der Waals surface area (Å²) < 4.78 is 5.66. The first-order chi connectivity index (χ1) is 14.8. The number of nitrogens with one attached hydrogen (secondary N) is 1. The number of carboxylic acids is 1. The molecule has 3 rings (SSSR count). The number of carbonyl (C=O) groups excluding carboxylic acids is 1. The van der Waals surface area contributed by atoms with Crippen LogP contribution >= 0.6 is 0 Å². The standard InChI is InChI=1S/C25H23NO5/c1-16(2)31-20-11-8-17(9-12-20)14-21(18-6-4-3-5-7-18)24(28)26-22-13-10-19(25(29)30)15-23(22)27/h3-16,27H,1-2H3,(H,26,28)(H,29,30)/b21-14+. The third-order valence-electron chi connectivity index (χ3n) is 4.39. The van der Waals surface area contributed by atoms with E-state index in [9.17, 15) is 14.7 Å². The fraction of sp³-hybridized carbons (Fsp3) is 0.120. The van der Waals surface area contributed by atoms with E-state index in [-0.39, 0.29) is 23.1 Å². The molecular formula is C25H23NO5. The quantitative estimate of drug-likeness (QED) is 0.284. The Labute approximate surface area is 180 Å². The lowest BCUT2D eigenvalue weighted by Gasteiger charge is -2.12. The highest BCUT2D eigenvalue weighted by Crippen LogP contribution is 2.27. The SMILES string of the molecule is CC(C)Oc1ccc(/C=C(/C(=O)Nc2ccc(C(=O)O)cc2O)c2ccccc2)cc1. The van der Waals surface area contributed by atoms with Crippen molar-refractivity contribution in [2.75, 3.05) is 5.32 Å². The number of rotatable bonds is 7. The molecule has 1 amide bonds. The molecule has 0 saturated carbocycles. The molecule has 0 aliphatic rings. The topological polar surface area (TPSA) is 95.9 Å². The molecule has 6 nitrogen and oxygen atoms in total. The first-order valence-electron chi connectivity index (χ1n) is 9.75. The van der Waals surface area contributed by atoms with Crippen molar-refractivity contribution in [1.82, 2.24) is 0 Å². The zero-order chi connectivity index (χ0) is 22.4. The molecule has 3 aromatic rings. The van der Waals surface area contributed by atoms with Crippen LogP contribution in [0.4, 0.5) is 5.69 Å². The molecule has 0 unspecified atom stereocenters. The largest absolute Gasteiger partial charge is 0.506 e. The highest BCUT2D eigenvalue weighted by Gasteiger charge is 2.15. The second-order valence-corrected chi connectivity index (χ2v) is 7.15. The van der Waals surface area contributed by atoms with E-state index >= 15 is 0 Å². The summed E-state index contributed by atoms with van der Waals surface area (Å²) in [4.78, 5) is 24.1. The molecule has 31 heavy (non-hydrogen) atoms. The summed E-state index contributed by atoms with van der Waals surface area (Å²) >= 11 is 0. The second kappa shape index (κ2) is 9.63. The lowest BCUT2D eigenvalue weighted by molar-refractivity contribution is -0.111. The molecule has 3 N–H and O–H groups in total. The summed E-state index contributed by atoms with van der Waals surface area (Å²) in [5.41, 5.74) is 1.94. The summed E-state index contributed by atoms with van der Waals surface area (Å²) in [6, 6.07) is 20.3. The average molecular weight is 417 g/mol. The number of hydrogen-bond acceptors (Lipinski definition) is 4. The first-order valence-corrected chi connectivity index (χ1v) is 9.75. The van der Waals surface area contributed by atoms with E-state index in [1.54, 1.807) is 6.08 Å². The first kappa shape index (κ1) is 21.6. The van der Waals surface area contributed by atoms with Gasteiger partial charge in [-0.15, -0.1) is 0 Å². The molecule has 0 aliphatic heterocycles. The summed E-state index contributed by atoms with van der Waals surface area (Å²) in [7, 11) is 0. The van der Waals surface area contributed by atoms with Crippen LogP contribution < -0.4 is 10.1 Å². The molecule has 0 bridgehead atoms. The summed E-state index contributed by atoms with van der Waals surface area (Å²) in [6.07, 6.45) is 1.80. The summed E-state index contributed by atoms with van der Waals surface area (Å²) in [5, 5.41) is 21.8. The molecule has 0 radical (unpaired) electrons. The van der Waals surface area contributed by atoms with Gasteiger partial charge in [-0.3, -0.25) is 4.79 Å². The molecule has 3 aromatic carbocycles. The number of amides is 1. The van der Waals surface area contributed by atoms with Crippen molar-refractivity contribution in [3.8, 4) is 11.5 Å². The van der Waals surface area contributed by atoms with Gasteiger partial charge in [-0.1, -0.05) is 42.5 Å². The Morgan fingerprint density at radius 1 is 0.935 bits per heavy atom. The number of aromatic carboxylic acids is 1. The van der Waals surface area contributed by atoms with Crippen molar-refractivity contribution < 1.29 is 24.5 Å². The Morgan fingerprint density at radius 3 is 2.19 bits per heavy atom. The van der Waals surface area contributed by atoms with Crippen LogP contribution in [-0.2, 0) is 4.79 Å². The van der Waals surface area contributed by atoms with Crippen LogP contribution in [0, 0.1) is 0 Å². The summed E-state index contributed by atoms with van der Waals surface area (Å²) in [6.45, 7) is 3.90. The highest BCUT2D eigenvalue weighted by molar-refractivity contribution is 6.29. The van der Waals surface area contributed by atoms with Gasteiger partial charge in [-0.05, 0) is 61.4 Å². The fourth-order valence-electron chi connectivity index (χ4n) is 2.94. The number of carboxylic acid groups (broad SMARTS) is 1. The maximum Gasteiger partial charge on any atom is 0.335 e.